The predicted molar refractivity (Wildman–Crippen MR) is 74.5 cm³/mol. The van der Waals surface area contributed by atoms with E-state index in [1.807, 2.05) is 13.0 Å². The Kier molecular flexibility index (Phi) is 3.53. The molecule has 5 heteroatoms. The van der Waals surface area contributed by atoms with E-state index < -0.39 is 0 Å². The molecule has 3 N–H and O–H groups in total. The third kappa shape index (κ3) is 2.81. The number of aryl methyl sites for hydroxylation is 1. The van der Waals surface area contributed by atoms with E-state index in [4.69, 9.17) is 18.0 Å². The van der Waals surface area contributed by atoms with Crippen molar-refractivity contribution in [1.82, 2.24) is 4.98 Å². The number of thiocarbonyl (C=S) groups is 1. The van der Waals surface area contributed by atoms with Crippen molar-refractivity contribution in [1.29, 1.82) is 0 Å². The van der Waals surface area contributed by atoms with Crippen LogP contribution in [-0.2, 0) is 0 Å². The molecule has 0 aliphatic heterocycles. The average Bonchev–Trinajstić information content (AvgIpc) is 2.31. The summed E-state index contributed by atoms with van der Waals surface area (Å²) in [5.41, 5.74) is 8.55. The van der Waals surface area contributed by atoms with E-state index in [0.717, 1.165) is 11.3 Å². The fraction of sp³-hybridized carbons (Fsp3) is 0.0769. The van der Waals surface area contributed by atoms with Crippen molar-refractivity contribution < 1.29 is 4.39 Å². The van der Waals surface area contributed by atoms with Crippen LogP contribution < -0.4 is 11.1 Å². The molecule has 0 atom stereocenters. The van der Waals surface area contributed by atoms with Crippen molar-refractivity contribution >= 4 is 28.6 Å². The summed E-state index contributed by atoms with van der Waals surface area (Å²) in [5, 5.41) is 3.13. The first kappa shape index (κ1) is 12.4. The molecule has 92 valence electrons. The minimum atomic E-state index is -0.370. The molecule has 0 saturated carbocycles. The van der Waals surface area contributed by atoms with Gasteiger partial charge in [-0.1, -0.05) is 12.2 Å². The van der Waals surface area contributed by atoms with Crippen molar-refractivity contribution in [3.05, 3.63) is 53.6 Å². The first-order valence-corrected chi connectivity index (χ1v) is 5.75. The van der Waals surface area contributed by atoms with Gasteiger partial charge >= 0.3 is 0 Å². The lowest BCUT2D eigenvalue weighted by atomic mass is 10.1. The molecule has 0 spiro atoms. The lowest BCUT2D eigenvalue weighted by Gasteiger charge is -2.11. The highest BCUT2D eigenvalue weighted by Crippen LogP contribution is 2.22. The van der Waals surface area contributed by atoms with E-state index in [-0.39, 0.29) is 10.8 Å². The Bertz CT molecular complexity index is 599. The summed E-state index contributed by atoms with van der Waals surface area (Å²) in [4.78, 5) is 4.22. The fourth-order valence-electron chi connectivity index (χ4n) is 1.61. The Morgan fingerprint density at radius 2 is 2.11 bits per heavy atom. The Hall–Kier alpha value is -2.01. The standard InChI is InChI=1S/C13H12FN3S/c1-8-4-10(7-16-6-8)17-12-3-2-9(14)5-11(12)13(15)18/h2-7,17H,1H3,(H2,15,18). The van der Waals surface area contributed by atoms with Crippen molar-refractivity contribution in [3.8, 4) is 0 Å². The molecule has 0 fully saturated rings. The number of nitrogens with zero attached hydrogens (tertiary/aromatic N) is 1. The molecule has 0 aliphatic rings. The second-order valence-corrected chi connectivity index (χ2v) is 4.37. The summed E-state index contributed by atoms with van der Waals surface area (Å²) in [6.45, 7) is 1.94. The van der Waals surface area contributed by atoms with E-state index in [0.29, 0.717) is 11.3 Å². The summed E-state index contributed by atoms with van der Waals surface area (Å²) >= 11 is 4.91. The molecule has 2 rings (SSSR count). The largest absolute Gasteiger partial charge is 0.389 e. The van der Waals surface area contributed by atoms with Crippen LogP contribution in [0.1, 0.15) is 11.1 Å². The van der Waals surface area contributed by atoms with Crippen LogP contribution in [0.2, 0.25) is 0 Å². The fourth-order valence-corrected chi connectivity index (χ4v) is 1.78. The van der Waals surface area contributed by atoms with Crippen molar-refractivity contribution in [2.75, 3.05) is 5.32 Å². The summed E-state index contributed by atoms with van der Waals surface area (Å²) in [6.07, 6.45) is 3.43. The number of hydrogen-bond donors (Lipinski definition) is 2. The Morgan fingerprint density at radius 1 is 1.33 bits per heavy atom. The van der Waals surface area contributed by atoms with E-state index >= 15 is 0 Å². The highest BCUT2D eigenvalue weighted by atomic mass is 32.1. The number of nitrogens with one attached hydrogen (secondary N) is 1. The maximum Gasteiger partial charge on any atom is 0.124 e. The zero-order chi connectivity index (χ0) is 13.1. The number of nitrogens with two attached hydrogens (primary N) is 1. The smallest absolute Gasteiger partial charge is 0.124 e. The third-order valence-electron chi connectivity index (χ3n) is 2.40. The normalized spacial score (nSPS) is 10.1. The van der Waals surface area contributed by atoms with Gasteiger partial charge in [0.2, 0.25) is 0 Å². The van der Waals surface area contributed by atoms with Crippen LogP contribution in [0, 0.1) is 12.7 Å². The first-order chi connectivity index (χ1) is 8.56. The number of aromatic nitrogens is 1. The van der Waals surface area contributed by atoms with Gasteiger partial charge < -0.3 is 11.1 Å². The molecule has 1 aromatic heterocycles. The predicted octanol–water partition coefficient (Wildman–Crippen LogP) is 2.91. The molecule has 3 nitrogen and oxygen atoms in total. The molecule has 0 bridgehead atoms. The van der Waals surface area contributed by atoms with Gasteiger partial charge in [-0.25, -0.2) is 4.39 Å². The van der Waals surface area contributed by atoms with Gasteiger partial charge in [0.25, 0.3) is 0 Å². The van der Waals surface area contributed by atoms with E-state index in [2.05, 4.69) is 10.3 Å². The molecule has 0 saturated heterocycles. The van der Waals surface area contributed by atoms with Crippen LogP contribution in [-0.4, -0.2) is 9.97 Å². The van der Waals surface area contributed by atoms with Gasteiger partial charge in [0.15, 0.2) is 0 Å². The maximum atomic E-state index is 13.2. The Morgan fingerprint density at radius 3 is 2.78 bits per heavy atom. The van der Waals surface area contributed by atoms with Crippen molar-refractivity contribution in [2.45, 2.75) is 6.92 Å². The average molecular weight is 261 g/mol. The molecule has 2 aromatic rings. The first-order valence-electron chi connectivity index (χ1n) is 5.34. The topological polar surface area (TPSA) is 50.9 Å². The molecular formula is C13H12FN3S. The summed E-state index contributed by atoms with van der Waals surface area (Å²) in [6, 6.07) is 6.20. The molecule has 18 heavy (non-hydrogen) atoms. The Labute approximate surface area is 110 Å². The quantitative estimate of drug-likeness (QED) is 0.834. The van der Waals surface area contributed by atoms with Gasteiger partial charge in [-0.15, -0.1) is 0 Å². The number of benzene rings is 1. The SMILES string of the molecule is Cc1cncc(Nc2ccc(F)cc2C(N)=S)c1. The third-order valence-corrected chi connectivity index (χ3v) is 2.62. The summed E-state index contributed by atoms with van der Waals surface area (Å²) in [7, 11) is 0. The number of rotatable bonds is 3. The lowest BCUT2D eigenvalue weighted by Crippen LogP contribution is -2.12. The lowest BCUT2D eigenvalue weighted by molar-refractivity contribution is 0.628. The monoisotopic (exact) mass is 261 g/mol. The van der Waals surface area contributed by atoms with E-state index in [1.165, 1.54) is 12.1 Å². The second kappa shape index (κ2) is 5.10. The van der Waals surface area contributed by atoms with Gasteiger partial charge in [0.1, 0.15) is 10.8 Å². The van der Waals surface area contributed by atoms with E-state index in [9.17, 15) is 4.39 Å². The van der Waals surface area contributed by atoms with Crippen LogP contribution in [0.3, 0.4) is 0 Å². The molecule has 0 aliphatic carbocycles. The molecular weight excluding hydrogens is 249 g/mol. The van der Waals surface area contributed by atoms with Gasteiger partial charge in [0, 0.05) is 17.4 Å². The van der Waals surface area contributed by atoms with Crippen molar-refractivity contribution in [3.63, 3.8) is 0 Å². The second-order valence-electron chi connectivity index (χ2n) is 3.93. The number of hydrogen-bond acceptors (Lipinski definition) is 3. The van der Waals surface area contributed by atoms with Crippen LogP contribution >= 0.6 is 12.2 Å². The van der Waals surface area contributed by atoms with Crippen LogP contribution in [0.5, 0.6) is 0 Å². The molecule has 0 unspecified atom stereocenters. The highest BCUT2D eigenvalue weighted by Gasteiger charge is 2.07. The van der Waals surface area contributed by atoms with Crippen LogP contribution in [0.25, 0.3) is 0 Å². The summed E-state index contributed by atoms with van der Waals surface area (Å²) in [5.74, 6) is -0.370. The number of anilines is 2. The Balaban J connectivity index is 2.37. The minimum Gasteiger partial charge on any atom is -0.389 e. The summed E-state index contributed by atoms with van der Waals surface area (Å²) < 4.78 is 13.2. The highest BCUT2D eigenvalue weighted by molar-refractivity contribution is 7.80. The minimum absolute atomic E-state index is 0.151. The van der Waals surface area contributed by atoms with Gasteiger partial charge in [-0.05, 0) is 36.8 Å². The van der Waals surface area contributed by atoms with Gasteiger partial charge in [-0.2, -0.15) is 0 Å². The number of pyridine rings is 1. The molecule has 1 aromatic carbocycles. The van der Waals surface area contributed by atoms with Gasteiger partial charge in [-0.3, -0.25) is 4.98 Å². The zero-order valence-electron chi connectivity index (χ0n) is 9.77. The van der Waals surface area contributed by atoms with E-state index in [1.54, 1.807) is 18.5 Å². The maximum absolute atomic E-state index is 13.2. The molecule has 1 heterocycles. The zero-order valence-corrected chi connectivity index (χ0v) is 10.6. The van der Waals surface area contributed by atoms with Crippen molar-refractivity contribution in [2.24, 2.45) is 5.73 Å². The molecule has 0 radical (unpaired) electrons. The van der Waals surface area contributed by atoms with Crippen LogP contribution in [0.15, 0.2) is 36.7 Å². The van der Waals surface area contributed by atoms with Crippen LogP contribution in [0.4, 0.5) is 15.8 Å². The number of halogens is 1. The van der Waals surface area contributed by atoms with Gasteiger partial charge in [0.05, 0.1) is 11.9 Å². The molecule has 0 amide bonds.